The largest absolute Gasteiger partial charge is 0.350 e. The molecule has 1 fully saturated rings. The molecule has 0 saturated carbocycles. The van der Waals surface area contributed by atoms with E-state index in [0.717, 1.165) is 16.5 Å². The lowest BCUT2D eigenvalue weighted by molar-refractivity contribution is -0.115. The molecule has 0 unspecified atom stereocenters. The number of fused-ring (bicyclic) bond motifs is 1. The zero-order valence-corrected chi connectivity index (χ0v) is 14.9. The zero-order valence-electron chi connectivity index (χ0n) is 13.4. The second-order valence-corrected chi connectivity index (χ2v) is 7.14. The maximum absolute atomic E-state index is 12.3. The lowest BCUT2D eigenvalue weighted by Crippen LogP contribution is -2.19. The lowest BCUT2D eigenvalue weighted by atomic mass is 10.1. The molecule has 0 spiro atoms. The molecule has 124 valence electrons. The zero-order chi connectivity index (χ0) is 17.4. The number of nitrogens with one attached hydrogen (secondary N) is 1. The molecule has 6 heteroatoms. The molecule has 25 heavy (non-hydrogen) atoms. The van der Waals surface area contributed by atoms with Gasteiger partial charge >= 0.3 is 0 Å². The van der Waals surface area contributed by atoms with Crippen molar-refractivity contribution in [3.8, 4) is 0 Å². The molecule has 2 heterocycles. The smallest absolute Gasteiger partial charge is 0.264 e. The number of aryl methyl sites for hydroxylation is 1. The Labute approximate surface area is 154 Å². The summed E-state index contributed by atoms with van der Waals surface area (Å²) >= 11 is 7.31. The van der Waals surface area contributed by atoms with Crippen molar-refractivity contribution in [2.45, 2.75) is 0 Å². The Morgan fingerprint density at radius 2 is 2.04 bits per heavy atom. The van der Waals surface area contributed by atoms with Crippen LogP contribution in [0.4, 0.5) is 5.69 Å². The summed E-state index contributed by atoms with van der Waals surface area (Å²) < 4.78 is 2.06. The summed E-state index contributed by atoms with van der Waals surface area (Å²) in [7, 11) is 2.00. The molecular formula is C19H14ClN3OS. The van der Waals surface area contributed by atoms with Crippen LogP contribution in [0.5, 0.6) is 0 Å². The van der Waals surface area contributed by atoms with E-state index in [-0.39, 0.29) is 5.91 Å². The van der Waals surface area contributed by atoms with Crippen LogP contribution >= 0.6 is 23.4 Å². The molecule has 1 aromatic heterocycles. The first-order chi connectivity index (χ1) is 12.1. The first kappa shape index (κ1) is 16.0. The summed E-state index contributed by atoms with van der Waals surface area (Å²) in [4.78, 5) is 17.3. The van der Waals surface area contributed by atoms with Gasteiger partial charge in [0.2, 0.25) is 0 Å². The number of aliphatic imine (C=N–C) groups is 1. The van der Waals surface area contributed by atoms with Gasteiger partial charge in [0.05, 0.1) is 10.6 Å². The number of carbonyl (C=O) groups excluding carboxylic acids is 1. The molecule has 1 N–H and O–H groups in total. The number of rotatable bonds is 2. The van der Waals surface area contributed by atoms with Gasteiger partial charge in [-0.3, -0.25) is 4.79 Å². The standard InChI is InChI=1S/C19H14ClN3OS/c1-23-11-12(15-7-2-3-8-16(15)23)9-17-18(24)22-19(25-17)21-14-6-4-5-13(20)10-14/h2-11H,1H3,(H,21,22,24). The maximum atomic E-state index is 12.3. The Morgan fingerprint density at radius 1 is 1.20 bits per heavy atom. The third-order valence-corrected chi connectivity index (χ3v) is 5.05. The fraction of sp³-hybridized carbons (Fsp3) is 0.0526. The number of amidine groups is 1. The quantitative estimate of drug-likeness (QED) is 0.666. The Hall–Kier alpha value is -2.50. The molecule has 4 rings (SSSR count). The number of amides is 1. The van der Waals surface area contributed by atoms with Gasteiger partial charge in [-0.15, -0.1) is 0 Å². The van der Waals surface area contributed by atoms with E-state index in [9.17, 15) is 4.79 Å². The highest BCUT2D eigenvalue weighted by atomic mass is 35.5. The van der Waals surface area contributed by atoms with Gasteiger partial charge in [-0.25, -0.2) is 4.99 Å². The number of hydrogen-bond acceptors (Lipinski definition) is 3. The molecular weight excluding hydrogens is 354 g/mol. The Kier molecular flexibility index (Phi) is 4.11. The number of halogens is 1. The number of aromatic nitrogens is 1. The fourth-order valence-electron chi connectivity index (χ4n) is 2.77. The third-order valence-electron chi connectivity index (χ3n) is 3.90. The molecule has 3 aromatic rings. The van der Waals surface area contributed by atoms with E-state index in [2.05, 4.69) is 27.0 Å². The predicted octanol–water partition coefficient (Wildman–Crippen LogP) is 4.72. The minimum atomic E-state index is -0.140. The molecule has 2 aromatic carbocycles. The molecule has 1 aliphatic rings. The highest BCUT2D eigenvalue weighted by Crippen LogP contribution is 2.31. The minimum absolute atomic E-state index is 0.140. The normalized spacial score (nSPS) is 17.6. The second kappa shape index (κ2) is 6.43. The number of thioether (sulfide) groups is 1. The van der Waals surface area contributed by atoms with Crippen molar-refractivity contribution in [1.29, 1.82) is 0 Å². The number of carbonyl (C=O) groups is 1. The van der Waals surface area contributed by atoms with Crippen LogP contribution in [0.3, 0.4) is 0 Å². The molecule has 4 nitrogen and oxygen atoms in total. The van der Waals surface area contributed by atoms with Gasteiger partial charge in [0.1, 0.15) is 0 Å². The van der Waals surface area contributed by atoms with Crippen molar-refractivity contribution in [3.05, 3.63) is 70.2 Å². The number of hydrogen-bond donors (Lipinski definition) is 1. The van der Waals surface area contributed by atoms with E-state index < -0.39 is 0 Å². The van der Waals surface area contributed by atoms with Crippen molar-refractivity contribution >= 4 is 57.1 Å². The molecule has 0 bridgehead atoms. The van der Waals surface area contributed by atoms with Gasteiger partial charge in [0, 0.05) is 34.7 Å². The Bertz CT molecular complexity index is 1050. The molecule has 1 aliphatic heterocycles. The predicted molar refractivity (Wildman–Crippen MR) is 105 cm³/mol. The summed E-state index contributed by atoms with van der Waals surface area (Å²) in [5.74, 6) is -0.140. The van der Waals surface area contributed by atoms with E-state index in [1.807, 2.05) is 43.6 Å². The summed E-state index contributed by atoms with van der Waals surface area (Å²) in [5.41, 5.74) is 2.85. The van der Waals surface area contributed by atoms with Crippen LogP contribution in [0.1, 0.15) is 5.56 Å². The maximum Gasteiger partial charge on any atom is 0.264 e. The van der Waals surface area contributed by atoms with Crippen LogP contribution in [0, 0.1) is 0 Å². The van der Waals surface area contributed by atoms with E-state index in [4.69, 9.17) is 11.6 Å². The van der Waals surface area contributed by atoms with E-state index in [1.165, 1.54) is 11.8 Å². The van der Waals surface area contributed by atoms with E-state index in [1.54, 1.807) is 12.1 Å². The van der Waals surface area contributed by atoms with Crippen LogP contribution < -0.4 is 5.32 Å². The average molecular weight is 368 g/mol. The number of para-hydroxylation sites is 1. The van der Waals surface area contributed by atoms with Gasteiger partial charge in [-0.2, -0.15) is 0 Å². The molecule has 1 amide bonds. The third kappa shape index (κ3) is 3.21. The molecule has 0 aliphatic carbocycles. The summed E-state index contributed by atoms with van der Waals surface area (Å²) in [5, 5.41) is 5.09. The lowest BCUT2D eigenvalue weighted by Gasteiger charge is -1.96. The first-order valence-corrected chi connectivity index (χ1v) is 8.89. The second-order valence-electron chi connectivity index (χ2n) is 5.67. The van der Waals surface area contributed by atoms with Crippen LogP contribution in [-0.4, -0.2) is 15.6 Å². The van der Waals surface area contributed by atoms with E-state index in [0.29, 0.717) is 20.8 Å². The van der Waals surface area contributed by atoms with Crippen molar-refractivity contribution in [2.24, 2.45) is 12.0 Å². The Balaban J connectivity index is 1.67. The monoisotopic (exact) mass is 367 g/mol. The summed E-state index contributed by atoms with van der Waals surface area (Å²) in [6.45, 7) is 0. The molecule has 1 saturated heterocycles. The molecule has 0 radical (unpaired) electrons. The van der Waals surface area contributed by atoms with Crippen molar-refractivity contribution in [3.63, 3.8) is 0 Å². The minimum Gasteiger partial charge on any atom is -0.350 e. The van der Waals surface area contributed by atoms with E-state index >= 15 is 0 Å². The van der Waals surface area contributed by atoms with Crippen molar-refractivity contribution in [2.75, 3.05) is 0 Å². The first-order valence-electron chi connectivity index (χ1n) is 7.69. The highest BCUT2D eigenvalue weighted by Gasteiger charge is 2.24. The molecule has 0 atom stereocenters. The number of benzene rings is 2. The van der Waals surface area contributed by atoms with Crippen LogP contribution in [0.2, 0.25) is 5.02 Å². The average Bonchev–Trinajstić information content (AvgIpc) is 3.09. The SMILES string of the molecule is Cn1cc(C=C2SC(=Nc3cccc(Cl)c3)NC2=O)c2ccccc21. The van der Waals surface area contributed by atoms with Gasteiger partial charge in [-0.05, 0) is 42.1 Å². The van der Waals surface area contributed by atoms with Crippen LogP contribution in [0.15, 0.2) is 64.6 Å². The number of nitrogens with zero attached hydrogens (tertiary/aromatic N) is 2. The van der Waals surface area contributed by atoms with Gasteiger partial charge < -0.3 is 9.88 Å². The van der Waals surface area contributed by atoms with Crippen LogP contribution in [0.25, 0.3) is 17.0 Å². The fourth-order valence-corrected chi connectivity index (χ4v) is 3.79. The Morgan fingerprint density at radius 3 is 2.88 bits per heavy atom. The van der Waals surface area contributed by atoms with Crippen LogP contribution in [-0.2, 0) is 11.8 Å². The highest BCUT2D eigenvalue weighted by molar-refractivity contribution is 8.18. The summed E-state index contributed by atoms with van der Waals surface area (Å²) in [6.07, 6.45) is 3.93. The van der Waals surface area contributed by atoms with Gasteiger partial charge in [0.25, 0.3) is 5.91 Å². The van der Waals surface area contributed by atoms with Crippen molar-refractivity contribution in [1.82, 2.24) is 9.88 Å². The van der Waals surface area contributed by atoms with Gasteiger partial charge in [0.15, 0.2) is 5.17 Å². The van der Waals surface area contributed by atoms with Gasteiger partial charge in [-0.1, -0.05) is 35.9 Å². The summed E-state index contributed by atoms with van der Waals surface area (Å²) in [6, 6.07) is 15.3. The van der Waals surface area contributed by atoms with Crippen molar-refractivity contribution < 1.29 is 4.79 Å². The topological polar surface area (TPSA) is 46.4 Å².